The molecule has 82 heavy (non-hydrogen) atoms. The maximum atomic E-state index is 5.53. The van der Waals surface area contributed by atoms with Crippen LogP contribution in [0.1, 0.15) is 44.5 Å². The summed E-state index contributed by atoms with van der Waals surface area (Å²) in [5.74, 6) is 0. The van der Waals surface area contributed by atoms with E-state index in [1.165, 1.54) is 0 Å². The summed E-state index contributed by atoms with van der Waals surface area (Å²) in [5, 5.41) is 11.1. The van der Waals surface area contributed by atoms with Crippen LogP contribution in [0.4, 0.5) is 22.7 Å². The Balaban J connectivity index is 1.08. The van der Waals surface area contributed by atoms with E-state index in [2.05, 4.69) is 315 Å². The second-order valence-corrected chi connectivity index (χ2v) is 20.4. The van der Waals surface area contributed by atoms with Crippen LogP contribution in [0.2, 0.25) is 0 Å². The van der Waals surface area contributed by atoms with Crippen LogP contribution in [0.3, 0.4) is 0 Å². The maximum absolute atomic E-state index is 5.53. The molecule has 14 rings (SSSR count). The Morgan fingerprint density at radius 1 is 0.159 bits per heavy atom. The molecular formula is C78H52N4. The van der Waals surface area contributed by atoms with E-state index in [0.717, 1.165) is 144 Å². The van der Waals surface area contributed by atoms with Crippen LogP contribution in [0.5, 0.6) is 0 Å². The third-order valence-corrected chi connectivity index (χ3v) is 15.3. The highest BCUT2D eigenvalue weighted by Gasteiger charge is 2.20. The first kappa shape index (κ1) is 49.4. The molecule has 0 bridgehead atoms. The first-order valence-corrected chi connectivity index (χ1v) is 27.8. The zero-order valence-electron chi connectivity index (χ0n) is 44.8. The normalized spacial score (nSPS) is 11.2. The van der Waals surface area contributed by atoms with Gasteiger partial charge < -0.3 is 0 Å². The molecule has 0 saturated carbocycles. The van der Waals surface area contributed by atoms with Crippen LogP contribution in [-0.2, 0) is 0 Å². The minimum atomic E-state index is 0.852. The Labute approximate surface area is 476 Å². The van der Waals surface area contributed by atoms with Gasteiger partial charge in [0.05, 0.1) is 45.6 Å². The van der Waals surface area contributed by atoms with E-state index in [4.69, 9.17) is 20.0 Å². The van der Waals surface area contributed by atoms with E-state index in [-0.39, 0.29) is 0 Å². The van der Waals surface area contributed by atoms with Gasteiger partial charge in [0.2, 0.25) is 0 Å². The third kappa shape index (κ3) is 9.76. The summed E-state index contributed by atoms with van der Waals surface area (Å²) < 4.78 is 0. The fraction of sp³-hybridized carbons (Fsp3) is 0. The molecule has 0 spiro atoms. The van der Waals surface area contributed by atoms with Gasteiger partial charge in [0.1, 0.15) is 0 Å². The molecule has 0 unspecified atom stereocenters. The molecule has 0 radical (unpaired) electrons. The summed E-state index contributed by atoms with van der Waals surface area (Å²) in [4.78, 5) is 22.1. The Morgan fingerprint density at radius 3 is 0.476 bits per heavy atom. The quantitative estimate of drug-likeness (QED) is 0.0865. The smallest absolute Gasteiger partial charge is 0.0781 e. The van der Waals surface area contributed by atoms with E-state index in [1.54, 1.807) is 0 Å². The molecule has 4 heteroatoms. The van der Waals surface area contributed by atoms with Gasteiger partial charge in [-0.1, -0.05) is 267 Å². The Kier molecular flexibility index (Phi) is 13.3. The SMILES string of the molecule is c1ccc(C(=Nc2ccc3c(c2)c2cc(N=C(c4ccccc4)c4ccccc4)ccc2c2c4ccc(N=C(c5ccccc5)c5ccccc5)cc4c4cc(N=C(c5ccccc5)c5ccccc5)ccc4c32)c2ccccc2)cc1. The number of hydrogen-bond acceptors (Lipinski definition) is 4. The van der Waals surface area contributed by atoms with Crippen molar-refractivity contribution in [2.75, 3.05) is 0 Å². The average molecular weight is 1050 g/mol. The van der Waals surface area contributed by atoms with Crippen molar-refractivity contribution in [1.82, 2.24) is 0 Å². The van der Waals surface area contributed by atoms with E-state index >= 15 is 0 Å². The predicted octanol–water partition coefficient (Wildman–Crippen LogP) is 20.1. The van der Waals surface area contributed by atoms with Crippen molar-refractivity contribution in [2.45, 2.75) is 0 Å². The van der Waals surface area contributed by atoms with Crippen molar-refractivity contribution in [1.29, 1.82) is 0 Å². The van der Waals surface area contributed by atoms with E-state index in [9.17, 15) is 0 Å². The molecule has 0 N–H and O–H groups in total. The van der Waals surface area contributed by atoms with Crippen LogP contribution in [0.25, 0.3) is 53.9 Å². The fourth-order valence-corrected chi connectivity index (χ4v) is 11.5. The van der Waals surface area contributed by atoms with Gasteiger partial charge in [-0.05, 0) is 102 Å². The third-order valence-electron chi connectivity index (χ3n) is 15.3. The molecule has 0 heterocycles. The van der Waals surface area contributed by atoms with Gasteiger partial charge >= 0.3 is 0 Å². The second kappa shape index (κ2) is 22.1. The molecule has 0 aliphatic rings. The van der Waals surface area contributed by atoms with Crippen molar-refractivity contribution in [3.05, 3.63) is 360 Å². The lowest BCUT2D eigenvalue weighted by atomic mass is 9.86. The second-order valence-electron chi connectivity index (χ2n) is 20.4. The molecule has 384 valence electrons. The van der Waals surface area contributed by atoms with Crippen molar-refractivity contribution in [3.63, 3.8) is 0 Å². The number of fused-ring (bicyclic) bond motifs is 11. The zero-order chi connectivity index (χ0) is 54.6. The molecule has 0 aliphatic heterocycles. The summed E-state index contributed by atoms with van der Waals surface area (Å²) in [6.45, 7) is 0. The number of aliphatic imine (C=N–C) groups is 4. The summed E-state index contributed by atoms with van der Waals surface area (Å²) in [6, 6.07) is 111. The maximum Gasteiger partial charge on any atom is 0.0781 e. The Bertz CT molecular complexity index is 3990. The minimum absolute atomic E-state index is 0.852. The molecule has 14 aromatic rings. The van der Waals surface area contributed by atoms with Gasteiger partial charge in [-0.25, -0.2) is 20.0 Å². The van der Waals surface area contributed by atoms with Crippen molar-refractivity contribution < 1.29 is 0 Å². The molecule has 0 saturated heterocycles. The van der Waals surface area contributed by atoms with Gasteiger partial charge in [0.15, 0.2) is 0 Å². The van der Waals surface area contributed by atoms with E-state index in [1.807, 2.05) is 0 Å². The summed E-state index contributed by atoms with van der Waals surface area (Å²) in [6.07, 6.45) is 0. The standard InChI is InChI=1S/C78H52N4/c1-9-25-53(26-10-1)75(54-27-11-2-12-28-54)79-61-41-45-65-69(49-61)70-50-62(80-76(55-29-13-3-14-30-55)56-31-15-4-16-32-56)42-46-66(70)74-68-48-44-64(82-78(59-37-21-7-22-38-59)60-39-23-8-24-40-60)52-72(68)71-51-63(43-47-67(71)73(65)74)81-77(57-33-17-5-18-34-57)58-35-19-6-20-36-58/h1-52H. The molecular weight excluding hydrogens is 993 g/mol. The van der Waals surface area contributed by atoms with Crippen LogP contribution in [-0.4, -0.2) is 22.8 Å². The van der Waals surface area contributed by atoms with Gasteiger partial charge in [-0.3, -0.25) is 0 Å². The molecule has 0 aromatic heterocycles. The van der Waals surface area contributed by atoms with Crippen LogP contribution in [0.15, 0.2) is 335 Å². The highest BCUT2D eigenvalue weighted by atomic mass is 14.8. The Hall–Kier alpha value is -10.9. The number of benzene rings is 14. The van der Waals surface area contributed by atoms with Crippen LogP contribution in [0, 0.1) is 0 Å². The monoisotopic (exact) mass is 1040 g/mol. The van der Waals surface area contributed by atoms with Gasteiger partial charge in [-0.15, -0.1) is 0 Å². The molecule has 0 aliphatic carbocycles. The number of rotatable bonds is 12. The molecule has 0 amide bonds. The lowest BCUT2D eigenvalue weighted by Crippen LogP contribution is -2.02. The molecule has 0 fully saturated rings. The highest BCUT2D eigenvalue weighted by Crippen LogP contribution is 2.47. The van der Waals surface area contributed by atoms with Crippen molar-refractivity contribution in [2.24, 2.45) is 20.0 Å². The van der Waals surface area contributed by atoms with Crippen LogP contribution < -0.4 is 0 Å². The molecule has 4 nitrogen and oxygen atoms in total. The summed E-state index contributed by atoms with van der Waals surface area (Å²) >= 11 is 0. The number of nitrogens with zero attached hydrogens (tertiary/aromatic N) is 4. The van der Waals surface area contributed by atoms with Gasteiger partial charge in [0, 0.05) is 44.5 Å². The lowest BCUT2D eigenvalue weighted by Gasteiger charge is -2.18. The fourth-order valence-electron chi connectivity index (χ4n) is 11.5. The first-order valence-electron chi connectivity index (χ1n) is 27.8. The first-order chi connectivity index (χ1) is 40.7. The van der Waals surface area contributed by atoms with E-state index in [0.29, 0.717) is 0 Å². The predicted molar refractivity (Wildman–Crippen MR) is 347 cm³/mol. The largest absolute Gasteiger partial charge is 0.248 e. The minimum Gasteiger partial charge on any atom is -0.248 e. The molecule has 14 aromatic carbocycles. The van der Waals surface area contributed by atoms with Crippen molar-refractivity contribution >= 4 is 99.5 Å². The number of hydrogen-bond donors (Lipinski definition) is 0. The average Bonchev–Trinajstić information content (AvgIpc) is 3.70. The summed E-state index contributed by atoms with van der Waals surface area (Å²) in [7, 11) is 0. The topological polar surface area (TPSA) is 49.4 Å². The van der Waals surface area contributed by atoms with Gasteiger partial charge in [0.25, 0.3) is 0 Å². The van der Waals surface area contributed by atoms with Crippen molar-refractivity contribution in [3.8, 4) is 0 Å². The lowest BCUT2D eigenvalue weighted by molar-refractivity contribution is 1.48. The van der Waals surface area contributed by atoms with Crippen LogP contribution >= 0.6 is 0 Å². The molecule has 0 atom stereocenters. The summed E-state index contributed by atoms with van der Waals surface area (Å²) in [5.41, 5.74) is 15.4. The Morgan fingerprint density at radius 2 is 0.317 bits per heavy atom. The van der Waals surface area contributed by atoms with Gasteiger partial charge in [-0.2, -0.15) is 0 Å². The zero-order valence-corrected chi connectivity index (χ0v) is 44.8. The highest BCUT2D eigenvalue weighted by molar-refractivity contribution is 6.40. The van der Waals surface area contributed by atoms with E-state index < -0.39 is 0 Å².